The van der Waals surface area contributed by atoms with Gasteiger partial charge in [0.1, 0.15) is 5.75 Å². The first kappa shape index (κ1) is 22.9. The van der Waals surface area contributed by atoms with E-state index in [1.165, 1.54) is 17.3 Å². The zero-order valence-corrected chi connectivity index (χ0v) is 19.6. The Morgan fingerprint density at radius 2 is 1.81 bits per heavy atom. The van der Waals surface area contributed by atoms with Crippen molar-refractivity contribution in [2.45, 2.75) is 18.4 Å². The van der Waals surface area contributed by atoms with E-state index in [9.17, 15) is 4.79 Å². The topological polar surface area (TPSA) is 71.7 Å². The van der Waals surface area contributed by atoms with Crippen LogP contribution in [0, 0.1) is 0 Å². The van der Waals surface area contributed by atoms with E-state index in [4.69, 9.17) is 32.4 Å². The van der Waals surface area contributed by atoms with Crippen LogP contribution in [-0.4, -0.2) is 57.8 Å². The first-order chi connectivity index (χ1) is 15.5. The molecule has 4 rings (SSSR count). The predicted molar refractivity (Wildman–Crippen MR) is 124 cm³/mol. The molecule has 1 aliphatic rings. The van der Waals surface area contributed by atoms with Crippen molar-refractivity contribution in [1.29, 1.82) is 0 Å². The number of benzene rings is 2. The molecule has 0 radical (unpaired) electrons. The summed E-state index contributed by atoms with van der Waals surface area (Å²) in [6, 6.07) is 14.9. The fourth-order valence-electron chi connectivity index (χ4n) is 3.29. The fourth-order valence-corrected chi connectivity index (χ4v) is 4.32. The van der Waals surface area contributed by atoms with Gasteiger partial charge in [-0.25, -0.2) is 0 Å². The van der Waals surface area contributed by atoms with Crippen LogP contribution >= 0.6 is 35.0 Å². The third kappa shape index (κ3) is 6.62. The molecule has 3 aromatic rings. The van der Waals surface area contributed by atoms with Crippen molar-refractivity contribution in [3.05, 3.63) is 70.0 Å². The normalized spacial score (nSPS) is 14.5. The Kier molecular flexibility index (Phi) is 7.91. The molecule has 32 heavy (non-hydrogen) atoms. The highest BCUT2D eigenvalue weighted by molar-refractivity contribution is 7.99. The van der Waals surface area contributed by atoms with Crippen LogP contribution < -0.4 is 4.74 Å². The van der Waals surface area contributed by atoms with Gasteiger partial charge in [0, 0.05) is 42.8 Å². The quantitative estimate of drug-likeness (QED) is 0.431. The van der Waals surface area contributed by atoms with E-state index >= 15 is 0 Å². The summed E-state index contributed by atoms with van der Waals surface area (Å²) in [6.45, 7) is 4.04. The molecule has 1 fully saturated rings. The second-order valence-electron chi connectivity index (χ2n) is 7.28. The highest BCUT2D eigenvalue weighted by Gasteiger charge is 2.22. The summed E-state index contributed by atoms with van der Waals surface area (Å²) in [5.74, 6) is 1.33. The molecule has 168 valence electrons. The van der Waals surface area contributed by atoms with Crippen molar-refractivity contribution in [3.8, 4) is 5.75 Å². The molecular formula is C22H22Cl2N4O3S. The summed E-state index contributed by atoms with van der Waals surface area (Å²) in [6.07, 6.45) is 0. The smallest absolute Gasteiger partial charge is 0.277 e. The van der Waals surface area contributed by atoms with Gasteiger partial charge in [0.2, 0.25) is 5.91 Å². The largest absolute Gasteiger partial charge is 0.484 e. The van der Waals surface area contributed by atoms with Crippen molar-refractivity contribution in [2.24, 2.45) is 0 Å². The molecule has 1 amide bonds. The molecule has 2 heterocycles. The van der Waals surface area contributed by atoms with Gasteiger partial charge in [-0.3, -0.25) is 9.69 Å². The Morgan fingerprint density at radius 1 is 1.03 bits per heavy atom. The molecule has 7 nitrogen and oxygen atoms in total. The lowest BCUT2D eigenvalue weighted by atomic mass is 10.2. The van der Waals surface area contributed by atoms with Crippen LogP contribution in [0.4, 0.5) is 0 Å². The molecule has 1 aliphatic heterocycles. The van der Waals surface area contributed by atoms with E-state index in [1.54, 1.807) is 24.3 Å². The van der Waals surface area contributed by atoms with E-state index in [2.05, 4.69) is 21.2 Å². The molecule has 0 saturated carbocycles. The van der Waals surface area contributed by atoms with Crippen LogP contribution in [0.25, 0.3) is 0 Å². The first-order valence-corrected chi connectivity index (χ1v) is 11.9. The number of piperazine rings is 1. The number of rotatable bonds is 8. The lowest BCUT2D eigenvalue weighted by molar-refractivity contribution is -0.130. The first-order valence-electron chi connectivity index (χ1n) is 10.1. The highest BCUT2D eigenvalue weighted by Crippen LogP contribution is 2.20. The van der Waals surface area contributed by atoms with Crippen molar-refractivity contribution < 1.29 is 13.9 Å². The number of thioether (sulfide) groups is 1. The van der Waals surface area contributed by atoms with Crippen LogP contribution in [0.1, 0.15) is 11.5 Å². The standard InChI is InChI=1S/C22H22Cl2N4O3S/c23-17-4-6-19(7-5-17)30-14-20-25-26-22(31-20)32-15-21(29)28-10-8-27(9-11-28)13-16-2-1-3-18(24)12-16/h1-7,12H,8-11,13-15H2. The van der Waals surface area contributed by atoms with Gasteiger partial charge in [-0.05, 0) is 42.0 Å². The van der Waals surface area contributed by atoms with E-state index in [1.807, 2.05) is 23.1 Å². The Labute approximate surface area is 200 Å². The van der Waals surface area contributed by atoms with Gasteiger partial charge in [0.25, 0.3) is 11.1 Å². The Hall–Kier alpha value is -2.26. The summed E-state index contributed by atoms with van der Waals surface area (Å²) in [5, 5.41) is 9.69. The number of amides is 1. The maximum absolute atomic E-state index is 12.6. The Bertz CT molecular complexity index is 1040. The van der Waals surface area contributed by atoms with Gasteiger partial charge in [-0.1, -0.05) is 47.1 Å². The van der Waals surface area contributed by atoms with Gasteiger partial charge in [0.05, 0.1) is 5.75 Å². The third-order valence-corrected chi connectivity index (χ3v) is 6.25. The molecule has 10 heteroatoms. The van der Waals surface area contributed by atoms with E-state index in [-0.39, 0.29) is 18.3 Å². The zero-order chi connectivity index (χ0) is 22.3. The lowest BCUT2D eigenvalue weighted by Crippen LogP contribution is -2.48. The highest BCUT2D eigenvalue weighted by atomic mass is 35.5. The monoisotopic (exact) mass is 492 g/mol. The number of ether oxygens (including phenoxy) is 1. The summed E-state index contributed by atoms with van der Waals surface area (Å²) in [7, 11) is 0. The van der Waals surface area contributed by atoms with Crippen molar-refractivity contribution >= 4 is 40.9 Å². The fraction of sp³-hybridized carbons (Fsp3) is 0.318. The van der Waals surface area contributed by atoms with Crippen molar-refractivity contribution in [1.82, 2.24) is 20.0 Å². The molecule has 0 atom stereocenters. The molecule has 0 unspecified atom stereocenters. The zero-order valence-electron chi connectivity index (χ0n) is 17.2. The van der Waals surface area contributed by atoms with E-state index in [0.29, 0.717) is 35.0 Å². The molecule has 2 aromatic carbocycles. The van der Waals surface area contributed by atoms with Crippen LogP contribution in [0.15, 0.2) is 58.2 Å². The molecule has 0 aliphatic carbocycles. The van der Waals surface area contributed by atoms with Gasteiger partial charge < -0.3 is 14.1 Å². The average Bonchev–Trinajstić information content (AvgIpc) is 3.25. The number of nitrogens with zero attached hydrogens (tertiary/aromatic N) is 4. The van der Waals surface area contributed by atoms with E-state index < -0.39 is 0 Å². The number of carbonyl (C=O) groups is 1. The molecule has 1 aromatic heterocycles. The number of halogens is 2. The van der Waals surface area contributed by atoms with Crippen LogP contribution in [0.2, 0.25) is 10.0 Å². The predicted octanol–water partition coefficient (Wildman–Crippen LogP) is 4.39. The minimum Gasteiger partial charge on any atom is -0.484 e. The maximum atomic E-state index is 12.6. The van der Waals surface area contributed by atoms with Gasteiger partial charge >= 0.3 is 0 Å². The minimum absolute atomic E-state index is 0.0644. The number of hydrogen-bond acceptors (Lipinski definition) is 7. The molecular weight excluding hydrogens is 471 g/mol. The van der Waals surface area contributed by atoms with Crippen molar-refractivity contribution in [3.63, 3.8) is 0 Å². The molecule has 0 spiro atoms. The Balaban J connectivity index is 1.18. The summed E-state index contributed by atoms with van der Waals surface area (Å²) >= 11 is 13.2. The Morgan fingerprint density at radius 3 is 2.56 bits per heavy atom. The molecule has 0 bridgehead atoms. The minimum atomic E-state index is 0.0644. The number of carbonyl (C=O) groups excluding carboxylic acids is 1. The van der Waals surface area contributed by atoms with Gasteiger partial charge in [0.15, 0.2) is 6.61 Å². The second-order valence-corrected chi connectivity index (χ2v) is 9.08. The second kappa shape index (κ2) is 11.0. The lowest BCUT2D eigenvalue weighted by Gasteiger charge is -2.34. The third-order valence-electron chi connectivity index (χ3n) is 4.96. The number of hydrogen-bond donors (Lipinski definition) is 0. The summed E-state index contributed by atoms with van der Waals surface area (Å²) < 4.78 is 11.1. The molecule has 1 saturated heterocycles. The van der Waals surface area contributed by atoms with Crippen LogP contribution in [0.5, 0.6) is 5.75 Å². The van der Waals surface area contributed by atoms with E-state index in [0.717, 1.165) is 24.7 Å². The van der Waals surface area contributed by atoms with Crippen molar-refractivity contribution in [2.75, 3.05) is 31.9 Å². The SMILES string of the molecule is O=C(CSc1nnc(COc2ccc(Cl)cc2)o1)N1CCN(Cc2cccc(Cl)c2)CC1. The molecule has 0 N–H and O–H groups in total. The van der Waals surface area contributed by atoms with Gasteiger partial charge in [-0.2, -0.15) is 0 Å². The van der Waals surface area contributed by atoms with Crippen LogP contribution in [0.3, 0.4) is 0 Å². The maximum Gasteiger partial charge on any atom is 0.277 e. The van der Waals surface area contributed by atoms with Crippen LogP contribution in [-0.2, 0) is 17.9 Å². The number of aromatic nitrogens is 2. The average molecular weight is 493 g/mol. The summed E-state index contributed by atoms with van der Waals surface area (Å²) in [4.78, 5) is 16.8. The van der Waals surface area contributed by atoms with Gasteiger partial charge in [-0.15, -0.1) is 10.2 Å². The summed E-state index contributed by atoms with van der Waals surface area (Å²) in [5.41, 5.74) is 1.18.